The lowest BCUT2D eigenvalue weighted by Crippen LogP contribution is -2.48. The summed E-state index contributed by atoms with van der Waals surface area (Å²) in [7, 11) is 0. The summed E-state index contributed by atoms with van der Waals surface area (Å²) in [4.78, 5) is 21.6. The number of rotatable bonds is 2. The van der Waals surface area contributed by atoms with E-state index in [4.69, 9.17) is 5.73 Å². The Kier molecular flexibility index (Phi) is 3.99. The highest BCUT2D eigenvalue weighted by molar-refractivity contribution is 5.37. The van der Waals surface area contributed by atoms with Gasteiger partial charge in [-0.3, -0.25) is 4.79 Å². The lowest BCUT2D eigenvalue weighted by Gasteiger charge is -2.42. The summed E-state index contributed by atoms with van der Waals surface area (Å²) in [6.45, 7) is 5.61. The van der Waals surface area contributed by atoms with Gasteiger partial charge in [0.1, 0.15) is 0 Å². The molecule has 4 N–H and O–H groups in total. The highest BCUT2D eigenvalue weighted by Gasteiger charge is 2.46. The lowest BCUT2D eigenvalue weighted by molar-refractivity contribution is 0.141. The van der Waals surface area contributed by atoms with Crippen molar-refractivity contribution in [3.8, 4) is 0 Å². The molecule has 6 heteroatoms. The molecule has 0 aromatic carbocycles. The molecule has 1 aliphatic carbocycles. The van der Waals surface area contributed by atoms with Crippen LogP contribution in [0.4, 0.5) is 5.82 Å². The van der Waals surface area contributed by atoms with Crippen LogP contribution in [0.15, 0.2) is 11.0 Å². The number of aromatic amines is 1. The van der Waals surface area contributed by atoms with Gasteiger partial charge in [0.2, 0.25) is 0 Å². The number of hydrogen-bond donors (Lipinski definition) is 3. The van der Waals surface area contributed by atoms with Gasteiger partial charge in [-0.1, -0.05) is 13.8 Å². The van der Waals surface area contributed by atoms with Gasteiger partial charge in [-0.15, -0.1) is 0 Å². The third-order valence-electron chi connectivity index (χ3n) is 5.42. The number of nitrogens with zero attached hydrogens (tertiary/aromatic N) is 2. The van der Waals surface area contributed by atoms with Gasteiger partial charge < -0.3 is 20.7 Å². The first-order valence-electron chi connectivity index (χ1n) is 8.19. The summed E-state index contributed by atoms with van der Waals surface area (Å²) in [6.07, 6.45) is 4.81. The number of anilines is 1. The molecule has 0 amide bonds. The van der Waals surface area contributed by atoms with E-state index in [0.29, 0.717) is 12.2 Å². The van der Waals surface area contributed by atoms with E-state index in [1.54, 1.807) is 6.20 Å². The summed E-state index contributed by atoms with van der Waals surface area (Å²) in [5, 5.41) is 9.87. The third-order valence-corrected chi connectivity index (χ3v) is 5.42. The van der Waals surface area contributed by atoms with Crippen molar-refractivity contribution in [1.82, 2.24) is 9.97 Å². The number of aromatic nitrogens is 2. The van der Waals surface area contributed by atoms with Crippen molar-refractivity contribution in [3.05, 3.63) is 22.2 Å². The van der Waals surface area contributed by atoms with Crippen molar-refractivity contribution in [1.29, 1.82) is 0 Å². The average Bonchev–Trinajstić information content (AvgIpc) is 2.74. The molecule has 1 spiro atoms. The maximum absolute atomic E-state index is 12.2. The Morgan fingerprint density at radius 3 is 2.64 bits per heavy atom. The molecule has 0 radical (unpaired) electrons. The van der Waals surface area contributed by atoms with Crippen LogP contribution in [-0.2, 0) is 0 Å². The van der Waals surface area contributed by atoms with Gasteiger partial charge in [0, 0.05) is 31.0 Å². The Labute approximate surface area is 130 Å². The van der Waals surface area contributed by atoms with Crippen LogP contribution in [0.1, 0.15) is 51.1 Å². The minimum absolute atomic E-state index is 0.0422. The second-order valence-corrected chi connectivity index (χ2v) is 7.20. The fourth-order valence-electron chi connectivity index (χ4n) is 3.91. The second-order valence-electron chi connectivity index (χ2n) is 7.20. The Bertz CT molecular complexity index is 590. The van der Waals surface area contributed by atoms with Gasteiger partial charge in [0.25, 0.3) is 5.56 Å². The predicted molar refractivity (Wildman–Crippen MR) is 86.0 cm³/mol. The van der Waals surface area contributed by atoms with Gasteiger partial charge >= 0.3 is 0 Å². The summed E-state index contributed by atoms with van der Waals surface area (Å²) in [5.74, 6) is 0.767. The molecule has 1 aromatic rings. The second kappa shape index (κ2) is 5.66. The molecule has 2 fully saturated rings. The summed E-state index contributed by atoms with van der Waals surface area (Å²) < 4.78 is 0. The van der Waals surface area contributed by atoms with E-state index in [1.807, 2.05) is 18.7 Å². The number of aliphatic hydroxyl groups excluding tert-OH is 1. The normalized spacial score (nSPS) is 27.8. The van der Waals surface area contributed by atoms with Crippen molar-refractivity contribution in [2.75, 3.05) is 18.0 Å². The van der Waals surface area contributed by atoms with Crippen LogP contribution in [0.3, 0.4) is 0 Å². The number of hydrogen-bond acceptors (Lipinski definition) is 5. The van der Waals surface area contributed by atoms with Gasteiger partial charge in [-0.2, -0.15) is 0 Å². The number of H-pyrrole nitrogens is 1. The van der Waals surface area contributed by atoms with Crippen molar-refractivity contribution in [2.24, 2.45) is 11.1 Å². The van der Waals surface area contributed by atoms with E-state index >= 15 is 0 Å². The van der Waals surface area contributed by atoms with Crippen LogP contribution in [0.5, 0.6) is 0 Å². The smallest absolute Gasteiger partial charge is 0.291 e. The van der Waals surface area contributed by atoms with E-state index in [2.05, 4.69) is 9.97 Å². The zero-order valence-corrected chi connectivity index (χ0v) is 13.4. The maximum atomic E-state index is 12.2. The van der Waals surface area contributed by atoms with Crippen LogP contribution < -0.4 is 16.2 Å². The topological polar surface area (TPSA) is 95.2 Å². The van der Waals surface area contributed by atoms with Crippen LogP contribution in [0.2, 0.25) is 0 Å². The molecule has 2 heterocycles. The monoisotopic (exact) mass is 306 g/mol. The average molecular weight is 306 g/mol. The maximum Gasteiger partial charge on any atom is 0.291 e. The van der Waals surface area contributed by atoms with Crippen molar-refractivity contribution in [2.45, 2.75) is 57.6 Å². The molecule has 0 unspecified atom stereocenters. The lowest BCUT2D eigenvalue weighted by atomic mass is 9.74. The Morgan fingerprint density at radius 1 is 1.45 bits per heavy atom. The summed E-state index contributed by atoms with van der Waals surface area (Å²) in [5.41, 5.74) is 7.03. The molecule has 0 bridgehead atoms. The number of nitrogens with two attached hydrogens (primary N) is 1. The molecule has 2 atom stereocenters. The van der Waals surface area contributed by atoms with E-state index in [9.17, 15) is 9.90 Å². The molecule has 1 saturated heterocycles. The first kappa shape index (κ1) is 15.5. The summed E-state index contributed by atoms with van der Waals surface area (Å²) in [6, 6.07) is 0.0687. The van der Waals surface area contributed by atoms with Crippen LogP contribution >= 0.6 is 0 Å². The first-order valence-corrected chi connectivity index (χ1v) is 8.19. The van der Waals surface area contributed by atoms with Crippen LogP contribution in [-0.4, -0.2) is 40.3 Å². The van der Waals surface area contributed by atoms with Gasteiger partial charge in [0.15, 0.2) is 5.82 Å². The Balaban J connectivity index is 1.73. The van der Waals surface area contributed by atoms with E-state index in [0.717, 1.165) is 38.0 Å². The first-order chi connectivity index (χ1) is 10.4. The molecule has 3 rings (SSSR count). The van der Waals surface area contributed by atoms with E-state index in [-0.39, 0.29) is 29.0 Å². The molecule has 2 aliphatic rings. The standard InChI is InChI=1S/C16H26N4O2/c1-10(2)12-9-18-14(15(22)19-12)20-5-3-16(4-6-20)8-11(21)7-13(16)17/h9-11,13,21H,3-8,17H2,1-2H3,(H,19,22)/t11-,13+/m0/s1. The zero-order chi connectivity index (χ0) is 15.9. The molecule has 6 nitrogen and oxygen atoms in total. The minimum Gasteiger partial charge on any atom is -0.393 e. The predicted octanol–water partition coefficient (Wildman–Crippen LogP) is 0.962. The molecular weight excluding hydrogens is 280 g/mol. The van der Waals surface area contributed by atoms with E-state index in [1.165, 1.54) is 0 Å². The van der Waals surface area contributed by atoms with Crippen molar-refractivity contribution in [3.63, 3.8) is 0 Å². The molecule has 22 heavy (non-hydrogen) atoms. The van der Waals surface area contributed by atoms with Gasteiger partial charge in [-0.05, 0) is 37.0 Å². The fourth-order valence-corrected chi connectivity index (χ4v) is 3.91. The quantitative estimate of drug-likeness (QED) is 0.756. The third kappa shape index (κ3) is 2.65. The number of nitrogens with one attached hydrogen (secondary N) is 1. The van der Waals surface area contributed by atoms with Gasteiger partial charge in [-0.25, -0.2) is 4.98 Å². The highest BCUT2D eigenvalue weighted by atomic mass is 16.3. The molecular formula is C16H26N4O2. The van der Waals surface area contributed by atoms with Crippen LogP contribution in [0.25, 0.3) is 0 Å². The van der Waals surface area contributed by atoms with Crippen molar-refractivity contribution < 1.29 is 5.11 Å². The number of aliphatic hydroxyl groups is 1. The van der Waals surface area contributed by atoms with E-state index < -0.39 is 0 Å². The zero-order valence-electron chi connectivity index (χ0n) is 13.4. The SMILES string of the molecule is CC(C)c1cnc(N2CCC3(CC2)C[C@@H](O)C[C@H]3N)c(=O)[nH]1. The molecule has 1 aromatic heterocycles. The van der Waals surface area contributed by atoms with Gasteiger partial charge in [0.05, 0.1) is 6.10 Å². The number of piperidine rings is 1. The fraction of sp³-hybridized carbons (Fsp3) is 0.750. The van der Waals surface area contributed by atoms with Crippen LogP contribution in [0, 0.1) is 5.41 Å². The Hall–Kier alpha value is -1.40. The summed E-state index contributed by atoms with van der Waals surface area (Å²) >= 11 is 0. The molecule has 1 saturated carbocycles. The minimum atomic E-state index is -0.270. The Morgan fingerprint density at radius 2 is 2.14 bits per heavy atom. The molecule has 122 valence electrons. The highest BCUT2D eigenvalue weighted by Crippen LogP contribution is 2.45. The van der Waals surface area contributed by atoms with Crippen molar-refractivity contribution >= 4 is 5.82 Å². The molecule has 1 aliphatic heterocycles. The largest absolute Gasteiger partial charge is 0.393 e.